The van der Waals surface area contributed by atoms with Crippen LogP contribution < -0.4 is 10.4 Å². The minimum absolute atomic E-state index is 0.0163. The molecular weight excluding hydrogens is 404 g/mol. The predicted octanol–water partition coefficient (Wildman–Crippen LogP) is 2.61. The molecule has 0 fully saturated rings. The average Bonchev–Trinajstić information content (AvgIpc) is 3.00. The summed E-state index contributed by atoms with van der Waals surface area (Å²) in [7, 11) is 1.45. The summed E-state index contributed by atoms with van der Waals surface area (Å²) in [4.78, 5) is 37.5. The lowest BCUT2D eigenvalue weighted by Crippen LogP contribution is -2.27. The average molecular weight is 426 g/mol. The van der Waals surface area contributed by atoms with Gasteiger partial charge in [0.1, 0.15) is 6.61 Å². The molecule has 162 valence electrons. The van der Waals surface area contributed by atoms with Crippen molar-refractivity contribution in [2.24, 2.45) is 0 Å². The van der Waals surface area contributed by atoms with Crippen molar-refractivity contribution in [2.75, 3.05) is 20.3 Å². The highest BCUT2D eigenvalue weighted by Gasteiger charge is 2.30. The number of carboxylic acid groups (broad SMARTS) is 1. The van der Waals surface area contributed by atoms with E-state index in [0.29, 0.717) is 0 Å². The molecular formula is C22H22N2O7. The van der Waals surface area contributed by atoms with E-state index >= 15 is 0 Å². The van der Waals surface area contributed by atoms with Gasteiger partial charge >= 0.3 is 17.8 Å². The molecule has 0 aliphatic heterocycles. The maximum absolute atomic E-state index is 13.3. The van der Waals surface area contributed by atoms with Crippen LogP contribution in [0.4, 0.5) is 4.79 Å². The summed E-state index contributed by atoms with van der Waals surface area (Å²) in [6.07, 6.45) is -1.65. The third-order valence-corrected chi connectivity index (χ3v) is 4.44. The summed E-state index contributed by atoms with van der Waals surface area (Å²) >= 11 is 0. The molecule has 0 atom stereocenters. The van der Waals surface area contributed by atoms with E-state index in [4.69, 9.17) is 14.2 Å². The minimum atomic E-state index is -1.65. The molecule has 0 amide bonds. The minimum Gasteiger partial charge on any atom is -0.458 e. The number of hydrogen-bond donors (Lipinski definition) is 1. The number of esters is 1. The van der Waals surface area contributed by atoms with E-state index in [2.05, 4.69) is 0 Å². The number of methoxy groups -OCH3 is 1. The fourth-order valence-electron chi connectivity index (χ4n) is 3.06. The van der Waals surface area contributed by atoms with Gasteiger partial charge in [-0.15, -0.1) is 0 Å². The molecule has 31 heavy (non-hydrogen) atoms. The van der Waals surface area contributed by atoms with Gasteiger partial charge in [-0.25, -0.2) is 14.4 Å². The first-order valence-corrected chi connectivity index (χ1v) is 9.49. The SMILES string of the molecule is COCCOC(=O)c1c(OC(=O)O)n(Cc2ccccc2)c(=O)n1Cc1ccccc1. The fraction of sp³-hybridized carbons (Fsp3) is 0.227. The van der Waals surface area contributed by atoms with Gasteiger partial charge in [0.2, 0.25) is 5.88 Å². The second-order valence-electron chi connectivity index (χ2n) is 6.58. The van der Waals surface area contributed by atoms with Crippen molar-refractivity contribution in [3.8, 4) is 5.88 Å². The first-order valence-electron chi connectivity index (χ1n) is 9.49. The Morgan fingerprint density at radius 3 is 1.94 bits per heavy atom. The van der Waals surface area contributed by atoms with Crippen LogP contribution in [-0.4, -0.2) is 46.7 Å². The lowest BCUT2D eigenvalue weighted by molar-refractivity contribution is 0.0372. The Hall–Kier alpha value is -3.85. The zero-order valence-electron chi connectivity index (χ0n) is 16.9. The van der Waals surface area contributed by atoms with E-state index in [1.54, 1.807) is 48.5 Å². The summed E-state index contributed by atoms with van der Waals surface area (Å²) in [5, 5.41) is 9.25. The number of nitrogens with zero attached hydrogens (tertiary/aromatic N) is 2. The van der Waals surface area contributed by atoms with Crippen molar-refractivity contribution in [1.29, 1.82) is 0 Å². The third-order valence-electron chi connectivity index (χ3n) is 4.44. The predicted molar refractivity (Wildman–Crippen MR) is 111 cm³/mol. The molecule has 0 spiro atoms. The van der Waals surface area contributed by atoms with Crippen LogP contribution in [0, 0.1) is 0 Å². The van der Waals surface area contributed by atoms with E-state index in [9.17, 15) is 19.5 Å². The quantitative estimate of drug-likeness (QED) is 0.414. The van der Waals surface area contributed by atoms with Crippen LogP contribution in [0.5, 0.6) is 5.88 Å². The molecule has 0 bridgehead atoms. The Bertz CT molecular complexity index is 1090. The molecule has 9 nitrogen and oxygen atoms in total. The molecule has 0 aliphatic carbocycles. The molecule has 9 heteroatoms. The highest BCUT2D eigenvalue weighted by atomic mass is 16.7. The van der Waals surface area contributed by atoms with Crippen molar-refractivity contribution >= 4 is 12.1 Å². The highest BCUT2D eigenvalue weighted by molar-refractivity contribution is 5.91. The monoisotopic (exact) mass is 426 g/mol. The van der Waals surface area contributed by atoms with Crippen LogP contribution in [0.3, 0.4) is 0 Å². The number of imidazole rings is 1. The smallest absolute Gasteiger partial charge is 0.458 e. The zero-order chi connectivity index (χ0) is 22.2. The number of carbonyl (C=O) groups is 2. The standard InChI is InChI=1S/C22H22N2O7/c1-29-12-13-30-20(25)18-19(31-22(27)28)24(15-17-10-6-3-7-11-17)21(26)23(18)14-16-8-4-2-5-9-16/h2-11H,12-15H2,1H3,(H,27,28). The van der Waals surface area contributed by atoms with Gasteiger partial charge in [-0.1, -0.05) is 60.7 Å². The zero-order valence-corrected chi connectivity index (χ0v) is 16.9. The van der Waals surface area contributed by atoms with Crippen molar-refractivity contribution in [1.82, 2.24) is 9.13 Å². The van der Waals surface area contributed by atoms with Gasteiger partial charge in [0.15, 0.2) is 5.69 Å². The van der Waals surface area contributed by atoms with Crippen LogP contribution in [-0.2, 0) is 22.6 Å². The lowest BCUT2D eigenvalue weighted by Gasteiger charge is -2.09. The maximum Gasteiger partial charge on any atom is 0.512 e. The van der Waals surface area contributed by atoms with E-state index in [1.807, 2.05) is 12.1 Å². The summed E-state index contributed by atoms with van der Waals surface area (Å²) < 4.78 is 17.2. The second-order valence-corrected chi connectivity index (χ2v) is 6.58. The molecule has 0 saturated carbocycles. The lowest BCUT2D eigenvalue weighted by atomic mass is 10.2. The number of ether oxygens (including phenoxy) is 3. The van der Waals surface area contributed by atoms with Gasteiger partial charge in [0, 0.05) is 7.11 Å². The number of benzene rings is 2. The van der Waals surface area contributed by atoms with Gasteiger partial charge in [-0.05, 0) is 11.1 Å². The van der Waals surface area contributed by atoms with Crippen LogP contribution in [0.25, 0.3) is 0 Å². The number of hydrogen-bond acceptors (Lipinski definition) is 6. The van der Waals surface area contributed by atoms with Crippen LogP contribution in [0.1, 0.15) is 21.6 Å². The Labute approximate surface area is 178 Å². The Morgan fingerprint density at radius 2 is 1.42 bits per heavy atom. The Balaban J connectivity index is 2.12. The van der Waals surface area contributed by atoms with Gasteiger partial charge in [-0.2, -0.15) is 0 Å². The topological polar surface area (TPSA) is 109 Å². The van der Waals surface area contributed by atoms with Gasteiger partial charge in [0.25, 0.3) is 0 Å². The van der Waals surface area contributed by atoms with Crippen molar-refractivity contribution in [3.05, 3.63) is 88.0 Å². The normalized spacial score (nSPS) is 10.6. The Morgan fingerprint density at radius 1 is 0.871 bits per heavy atom. The first-order chi connectivity index (χ1) is 15.0. The van der Waals surface area contributed by atoms with E-state index in [1.165, 1.54) is 7.11 Å². The second kappa shape index (κ2) is 10.3. The maximum atomic E-state index is 13.3. The molecule has 0 unspecified atom stereocenters. The number of rotatable bonds is 9. The van der Waals surface area contributed by atoms with E-state index in [-0.39, 0.29) is 37.9 Å². The molecule has 3 rings (SSSR count). The van der Waals surface area contributed by atoms with Crippen LogP contribution in [0.15, 0.2) is 65.5 Å². The molecule has 1 heterocycles. The van der Waals surface area contributed by atoms with Crippen LogP contribution in [0.2, 0.25) is 0 Å². The van der Waals surface area contributed by atoms with Crippen molar-refractivity contribution in [3.63, 3.8) is 0 Å². The van der Waals surface area contributed by atoms with E-state index in [0.717, 1.165) is 20.3 Å². The fourth-order valence-corrected chi connectivity index (χ4v) is 3.06. The van der Waals surface area contributed by atoms with Crippen LogP contribution >= 0.6 is 0 Å². The van der Waals surface area contributed by atoms with Crippen molar-refractivity contribution < 1.29 is 28.9 Å². The summed E-state index contributed by atoms with van der Waals surface area (Å²) in [5.41, 5.74) is 0.608. The largest absolute Gasteiger partial charge is 0.512 e. The van der Waals surface area contributed by atoms with E-state index < -0.39 is 17.8 Å². The molecule has 3 aromatic rings. The summed E-state index contributed by atoms with van der Waals surface area (Å²) in [6.45, 7) is 0.133. The molecule has 0 aliphatic rings. The first kappa shape index (κ1) is 21.8. The molecule has 2 aromatic carbocycles. The van der Waals surface area contributed by atoms with Gasteiger partial charge in [-0.3, -0.25) is 9.13 Å². The van der Waals surface area contributed by atoms with Gasteiger partial charge < -0.3 is 19.3 Å². The van der Waals surface area contributed by atoms with Gasteiger partial charge in [0.05, 0.1) is 19.7 Å². The summed E-state index contributed by atoms with van der Waals surface area (Å²) in [6, 6.07) is 18.0. The molecule has 1 aromatic heterocycles. The summed E-state index contributed by atoms with van der Waals surface area (Å²) in [5.74, 6) is -1.27. The highest BCUT2D eigenvalue weighted by Crippen LogP contribution is 2.22. The Kier molecular flexibility index (Phi) is 7.23. The molecule has 0 radical (unpaired) electrons. The molecule has 1 N–H and O–H groups in total. The number of aromatic nitrogens is 2. The number of carbonyl (C=O) groups excluding carboxylic acids is 1. The third kappa shape index (κ3) is 5.40. The molecule has 0 saturated heterocycles. The van der Waals surface area contributed by atoms with Crippen molar-refractivity contribution in [2.45, 2.75) is 13.1 Å².